The fraction of sp³-hybridized carbons (Fsp3) is 0.133. The Hall–Kier alpha value is -2.27. The number of benzene rings is 2. The lowest BCUT2D eigenvalue weighted by molar-refractivity contribution is 0.102. The summed E-state index contributed by atoms with van der Waals surface area (Å²) < 4.78 is 26.6. The first-order valence-electron chi connectivity index (χ1n) is 6.10. The molecule has 0 radical (unpaired) electrons. The van der Waals surface area contributed by atoms with Crippen LogP contribution >= 0.6 is 0 Å². The summed E-state index contributed by atoms with van der Waals surface area (Å²) in [5.74, 6) is -2.16. The fourth-order valence-electron chi connectivity index (χ4n) is 1.87. The van der Waals surface area contributed by atoms with Crippen LogP contribution in [0.4, 0.5) is 14.5 Å². The van der Waals surface area contributed by atoms with E-state index in [1.807, 2.05) is 0 Å². The molecule has 2 aromatic carbocycles. The van der Waals surface area contributed by atoms with E-state index >= 15 is 0 Å². The number of halogens is 2. The van der Waals surface area contributed by atoms with Crippen LogP contribution in [0, 0.1) is 11.6 Å². The Labute approximate surface area is 115 Å². The monoisotopic (exact) mass is 276 g/mol. The van der Waals surface area contributed by atoms with Crippen LogP contribution < -0.4 is 11.1 Å². The molecule has 0 aliphatic rings. The third-order valence-electron chi connectivity index (χ3n) is 2.87. The van der Waals surface area contributed by atoms with Gasteiger partial charge in [-0.15, -0.1) is 0 Å². The smallest absolute Gasteiger partial charge is 0.258 e. The molecule has 0 bridgehead atoms. The van der Waals surface area contributed by atoms with Gasteiger partial charge in [0.05, 0.1) is 5.56 Å². The van der Waals surface area contributed by atoms with Gasteiger partial charge in [0.1, 0.15) is 11.6 Å². The molecule has 1 atom stereocenters. The zero-order valence-electron chi connectivity index (χ0n) is 10.9. The van der Waals surface area contributed by atoms with Crippen molar-refractivity contribution in [3.63, 3.8) is 0 Å². The molecule has 0 aliphatic carbocycles. The van der Waals surface area contributed by atoms with Gasteiger partial charge < -0.3 is 11.1 Å². The second-order valence-corrected chi connectivity index (χ2v) is 4.45. The number of hydrogen-bond acceptors (Lipinski definition) is 2. The zero-order chi connectivity index (χ0) is 14.7. The molecule has 0 fully saturated rings. The highest BCUT2D eigenvalue weighted by atomic mass is 19.1. The summed E-state index contributed by atoms with van der Waals surface area (Å²) in [6.45, 7) is 1.77. The van der Waals surface area contributed by atoms with Gasteiger partial charge in [-0.05, 0) is 36.8 Å². The van der Waals surface area contributed by atoms with E-state index in [1.54, 1.807) is 31.2 Å². The van der Waals surface area contributed by atoms with E-state index in [0.29, 0.717) is 5.69 Å². The van der Waals surface area contributed by atoms with Crippen molar-refractivity contribution >= 4 is 11.6 Å². The Balaban J connectivity index is 2.31. The number of carbonyl (C=O) groups is 1. The first-order valence-corrected chi connectivity index (χ1v) is 6.10. The summed E-state index contributed by atoms with van der Waals surface area (Å²) in [4.78, 5) is 12.0. The van der Waals surface area contributed by atoms with Crippen LogP contribution in [0.15, 0.2) is 42.5 Å². The second kappa shape index (κ2) is 5.79. The molecule has 1 unspecified atom stereocenters. The second-order valence-electron chi connectivity index (χ2n) is 4.45. The summed E-state index contributed by atoms with van der Waals surface area (Å²) in [5.41, 5.74) is 6.66. The number of rotatable bonds is 3. The molecule has 3 N–H and O–H groups in total. The Morgan fingerprint density at radius 2 is 1.90 bits per heavy atom. The minimum atomic E-state index is -0.776. The maximum atomic E-state index is 13.5. The van der Waals surface area contributed by atoms with Crippen LogP contribution in [0.25, 0.3) is 0 Å². The number of anilines is 1. The van der Waals surface area contributed by atoms with E-state index < -0.39 is 17.5 Å². The number of hydrogen-bond donors (Lipinski definition) is 2. The van der Waals surface area contributed by atoms with Crippen molar-refractivity contribution in [2.45, 2.75) is 13.0 Å². The maximum Gasteiger partial charge on any atom is 0.258 e. The third kappa shape index (κ3) is 3.00. The predicted molar refractivity (Wildman–Crippen MR) is 73.4 cm³/mol. The normalized spacial score (nSPS) is 12.0. The summed E-state index contributed by atoms with van der Waals surface area (Å²) in [6.07, 6.45) is 0. The lowest BCUT2D eigenvalue weighted by Gasteiger charge is -2.13. The predicted octanol–water partition coefficient (Wildman–Crippen LogP) is 3.24. The van der Waals surface area contributed by atoms with Crippen LogP contribution in [0.3, 0.4) is 0 Å². The van der Waals surface area contributed by atoms with Gasteiger partial charge in [-0.25, -0.2) is 8.78 Å². The van der Waals surface area contributed by atoms with Gasteiger partial charge in [-0.1, -0.05) is 18.2 Å². The molecule has 1 amide bonds. The van der Waals surface area contributed by atoms with E-state index in [1.165, 1.54) is 0 Å². The van der Waals surface area contributed by atoms with Crippen LogP contribution in [0.5, 0.6) is 0 Å². The van der Waals surface area contributed by atoms with Crippen molar-refractivity contribution in [1.29, 1.82) is 0 Å². The molecule has 5 heteroatoms. The van der Waals surface area contributed by atoms with E-state index in [2.05, 4.69) is 5.32 Å². The van der Waals surface area contributed by atoms with Crippen LogP contribution in [0.1, 0.15) is 28.9 Å². The topological polar surface area (TPSA) is 55.1 Å². The van der Waals surface area contributed by atoms with E-state index in [0.717, 1.165) is 23.8 Å². The fourth-order valence-corrected chi connectivity index (χ4v) is 1.87. The van der Waals surface area contributed by atoms with Crippen LogP contribution in [-0.4, -0.2) is 5.91 Å². The van der Waals surface area contributed by atoms with Gasteiger partial charge in [0, 0.05) is 11.7 Å². The molecule has 0 heterocycles. The number of amides is 1. The first-order chi connectivity index (χ1) is 9.49. The Morgan fingerprint density at radius 3 is 2.60 bits per heavy atom. The number of para-hydroxylation sites is 1. The molecular formula is C15H14F2N2O. The molecule has 3 nitrogen and oxygen atoms in total. The number of carbonyl (C=O) groups excluding carboxylic acids is 1. The Kier molecular flexibility index (Phi) is 4.10. The Bertz CT molecular complexity index is 642. The molecule has 2 aromatic rings. The average Bonchev–Trinajstić information content (AvgIpc) is 2.41. The highest BCUT2D eigenvalue weighted by molar-refractivity contribution is 6.04. The summed E-state index contributed by atoms with van der Waals surface area (Å²) in [6, 6.07) is 9.39. The Morgan fingerprint density at radius 1 is 1.20 bits per heavy atom. The molecular weight excluding hydrogens is 262 g/mol. The van der Waals surface area contributed by atoms with Crippen molar-refractivity contribution in [3.05, 3.63) is 65.2 Å². The van der Waals surface area contributed by atoms with Gasteiger partial charge in [0.25, 0.3) is 5.91 Å². The standard InChI is InChI=1S/C15H14F2N2O/c1-9(18)11-4-2-3-5-14(11)19-15(20)12-8-10(16)6-7-13(12)17/h2-9H,18H2,1H3,(H,19,20). The molecule has 104 valence electrons. The highest BCUT2D eigenvalue weighted by Gasteiger charge is 2.15. The van der Waals surface area contributed by atoms with Crippen molar-refractivity contribution in [1.82, 2.24) is 0 Å². The van der Waals surface area contributed by atoms with Crippen molar-refractivity contribution in [2.24, 2.45) is 5.73 Å². The largest absolute Gasteiger partial charge is 0.324 e. The molecule has 0 saturated carbocycles. The van der Waals surface area contributed by atoms with Gasteiger partial charge in [0.2, 0.25) is 0 Å². The summed E-state index contributed by atoms with van der Waals surface area (Å²) >= 11 is 0. The van der Waals surface area contributed by atoms with Gasteiger partial charge in [-0.3, -0.25) is 4.79 Å². The van der Waals surface area contributed by atoms with Crippen molar-refractivity contribution < 1.29 is 13.6 Å². The average molecular weight is 276 g/mol. The van der Waals surface area contributed by atoms with Crippen LogP contribution in [0.2, 0.25) is 0 Å². The van der Waals surface area contributed by atoms with Crippen molar-refractivity contribution in [3.8, 4) is 0 Å². The lowest BCUT2D eigenvalue weighted by Crippen LogP contribution is -2.17. The van der Waals surface area contributed by atoms with E-state index in [9.17, 15) is 13.6 Å². The maximum absolute atomic E-state index is 13.5. The third-order valence-corrected chi connectivity index (χ3v) is 2.87. The lowest BCUT2D eigenvalue weighted by atomic mass is 10.1. The van der Waals surface area contributed by atoms with E-state index in [-0.39, 0.29) is 11.6 Å². The first kappa shape index (κ1) is 14.1. The summed E-state index contributed by atoms with van der Waals surface area (Å²) in [7, 11) is 0. The molecule has 0 aromatic heterocycles. The summed E-state index contributed by atoms with van der Waals surface area (Å²) in [5, 5.41) is 2.55. The quantitative estimate of drug-likeness (QED) is 0.904. The number of nitrogens with two attached hydrogens (primary N) is 1. The van der Waals surface area contributed by atoms with E-state index in [4.69, 9.17) is 5.73 Å². The zero-order valence-corrected chi connectivity index (χ0v) is 10.9. The highest BCUT2D eigenvalue weighted by Crippen LogP contribution is 2.22. The molecule has 0 spiro atoms. The van der Waals surface area contributed by atoms with Crippen molar-refractivity contribution in [2.75, 3.05) is 5.32 Å². The molecule has 0 saturated heterocycles. The minimum absolute atomic E-state index is 0.288. The van der Waals surface area contributed by atoms with Gasteiger partial charge in [-0.2, -0.15) is 0 Å². The minimum Gasteiger partial charge on any atom is -0.324 e. The van der Waals surface area contributed by atoms with Gasteiger partial charge >= 0.3 is 0 Å². The molecule has 2 rings (SSSR count). The van der Waals surface area contributed by atoms with Gasteiger partial charge in [0.15, 0.2) is 0 Å². The SMILES string of the molecule is CC(N)c1ccccc1NC(=O)c1cc(F)ccc1F. The number of nitrogens with one attached hydrogen (secondary N) is 1. The molecule has 0 aliphatic heterocycles. The molecule has 20 heavy (non-hydrogen) atoms. The van der Waals surface area contributed by atoms with Crippen LogP contribution in [-0.2, 0) is 0 Å².